The Bertz CT molecular complexity index is 750. The van der Waals surface area contributed by atoms with Gasteiger partial charge in [-0.15, -0.1) is 12.4 Å². The van der Waals surface area contributed by atoms with Gasteiger partial charge in [0.25, 0.3) is 5.91 Å². The summed E-state index contributed by atoms with van der Waals surface area (Å²) in [5.74, 6) is 0.131. The average molecular weight is 404 g/mol. The number of carbonyl (C=O) groups excluding carboxylic acids is 1. The van der Waals surface area contributed by atoms with Crippen LogP contribution in [-0.4, -0.2) is 69.4 Å². The average Bonchev–Trinajstić information content (AvgIpc) is 3.16. The van der Waals surface area contributed by atoms with E-state index in [1.807, 2.05) is 6.92 Å². The molecule has 1 aromatic carbocycles. The number of piperazine rings is 1. The lowest BCUT2D eigenvalue weighted by atomic mass is 10.1. The predicted octanol–water partition coefficient (Wildman–Crippen LogP) is 1.34. The van der Waals surface area contributed by atoms with E-state index in [9.17, 15) is 13.2 Å². The molecule has 1 aromatic rings. The number of nitrogens with zero attached hydrogens (tertiary/aromatic N) is 2. The van der Waals surface area contributed by atoms with Crippen molar-refractivity contribution in [1.82, 2.24) is 14.5 Å². The quantitative estimate of drug-likeness (QED) is 0.820. The molecule has 1 N–H and O–H groups in total. The van der Waals surface area contributed by atoms with E-state index in [1.54, 1.807) is 17.0 Å². The summed E-state index contributed by atoms with van der Waals surface area (Å²) < 4.78 is 32.6. The highest BCUT2D eigenvalue weighted by atomic mass is 35.5. The van der Waals surface area contributed by atoms with Crippen LogP contribution >= 0.6 is 12.4 Å². The van der Waals surface area contributed by atoms with Gasteiger partial charge in [-0.3, -0.25) is 4.79 Å². The van der Waals surface area contributed by atoms with Crippen molar-refractivity contribution in [2.75, 3.05) is 39.8 Å². The van der Waals surface area contributed by atoms with E-state index in [4.69, 9.17) is 4.74 Å². The second-order valence-electron chi connectivity index (χ2n) is 6.53. The Morgan fingerprint density at radius 3 is 2.54 bits per heavy atom. The van der Waals surface area contributed by atoms with Crippen molar-refractivity contribution < 1.29 is 17.9 Å². The van der Waals surface area contributed by atoms with Gasteiger partial charge in [0.1, 0.15) is 10.6 Å². The second-order valence-corrected chi connectivity index (χ2v) is 8.43. The molecule has 7 nitrogen and oxygen atoms in total. The van der Waals surface area contributed by atoms with E-state index in [-0.39, 0.29) is 35.0 Å². The third-order valence-electron chi connectivity index (χ3n) is 4.86. The molecule has 26 heavy (non-hydrogen) atoms. The van der Waals surface area contributed by atoms with Gasteiger partial charge < -0.3 is 15.0 Å². The predicted molar refractivity (Wildman–Crippen MR) is 102 cm³/mol. The van der Waals surface area contributed by atoms with Gasteiger partial charge in [-0.25, -0.2) is 8.42 Å². The summed E-state index contributed by atoms with van der Waals surface area (Å²) in [4.78, 5) is 14.7. The molecule has 0 saturated carbocycles. The maximum Gasteiger partial charge on any atom is 0.254 e. The molecular weight excluding hydrogens is 378 g/mol. The van der Waals surface area contributed by atoms with Crippen LogP contribution < -0.4 is 10.1 Å². The van der Waals surface area contributed by atoms with Crippen LogP contribution in [0.5, 0.6) is 5.75 Å². The highest BCUT2D eigenvalue weighted by Gasteiger charge is 2.32. The van der Waals surface area contributed by atoms with Crippen molar-refractivity contribution in [3.8, 4) is 5.75 Å². The standard InChI is InChI=1S/C17H25N3O4S.ClH/c1-13-12-18-7-10-20(13)17(21)14-5-6-15(24-2)16(11-14)25(22,23)19-8-3-4-9-19;/h5-6,11,13,18H,3-4,7-10,12H2,1-2H3;1H. The number of methoxy groups -OCH3 is 1. The van der Waals surface area contributed by atoms with Crippen LogP contribution in [-0.2, 0) is 10.0 Å². The molecule has 9 heteroatoms. The zero-order valence-electron chi connectivity index (χ0n) is 15.1. The molecule has 0 aromatic heterocycles. The fraction of sp³-hybridized carbons (Fsp3) is 0.588. The lowest BCUT2D eigenvalue weighted by molar-refractivity contribution is 0.0655. The van der Waals surface area contributed by atoms with Gasteiger partial charge in [0.05, 0.1) is 7.11 Å². The number of benzene rings is 1. The molecule has 2 fully saturated rings. The van der Waals surface area contributed by atoms with Gasteiger partial charge in [-0.1, -0.05) is 0 Å². The van der Waals surface area contributed by atoms with Gasteiger partial charge >= 0.3 is 0 Å². The van der Waals surface area contributed by atoms with Crippen LogP contribution in [0, 0.1) is 0 Å². The summed E-state index contributed by atoms with van der Waals surface area (Å²) in [6.45, 7) is 5.10. The molecule has 2 saturated heterocycles. The van der Waals surface area contributed by atoms with Crippen LogP contribution in [0.15, 0.2) is 23.1 Å². The van der Waals surface area contributed by atoms with Crippen molar-refractivity contribution >= 4 is 28.3 Å². The number of carbonyl (C=O) groups is 1. The number of rotatable bonds is 4. The highest BCUT2D eigenvalue weighted by Crippen LogP contribution is 2.30. The molecular formula is C17H26ClN3O4S. The lowest BCUT2D eigenvalue weighted by Gasteiger charge is -2.34. The van der Waals surface area contributed by atoms with E-state index in [0.717, 1.165) is 25.9 Å². The van der Waals surface area contributed by atoms with Gasteiger partial charge in [0, 0.05) is 44.3 Å². The molecule has 0 radical (unpaired) electrons. The third kappa shape index (κ3) is 3.98. The Morgan fingerprint density at radius 1 is 1.23 bits per heavy atom. The second kappa shape index (κ2) is 8.56. The molecule has 146 valence electrons. The fourth-order valence-electron chi connectivity index (χ4n) is 3.39. The normalized spacial score (nSPS) is 21.3. The van der Waals surface area contributed by atoms with E-state index in [1.165, 1.54) is 17.5 Å². The van der Waals surface area contributed by atoms with Gasteiger partial charge in [-0.2, -0.15) is 4.31 Å². The summed E-state index contributed by atoms with van der Waals surface area (Å²) in [6, 6.07) is 4.74. The number of hydrogen-bond donors (Lipinski definition) is 1. The summed E-state index contributed by atoms with van der Waals surface area (Å²) >= 11 is 0. The molecule has 0 aliphatic carbocycles. The number of ether oxygens (including phenoxy) is 1. The molecule has 2 heterocycles. The van der Waals surface area contributed by atoms with Gasteiger partial charge in [0.2, 0.25) is 10.0 Å². The minimum absolute atomic E-state index is 0. The first-order valence-corrected chi connectivity index (χ1v) is 10.1. The fourth-order valence-corrected chi connectivity index (χ4v) is 5.09. The van der Waals surface area contributed by atoms with Crippen LogP contribution in [0.4, 0.5) is 0 Å². The smallest absolute Gasteiger partial charge is 0.254 e. The van der Waals surface area contributed by atoms with Crippen molar-refractivity contribution in [2.24, 2.45) is 0 Å². The molecule has 1 amide bonds. The number of amides is 1. The van der Waals surface area contributed by atoms with Crippen molar-refractivity contribution in [3.63, 3.8) is 0 Å². The molecule has 2 aliphatic heterocycles. The zero-order chi connectivity index (χ0) is 18.0. The Morgan fingerprint density at radius 2 is 1.92 bits per heavy atom. The largest absolute Gasteiger partial charge is 0.495 e. The lowest BCUT2D eigenvalue weighted by Crippen LogP contribution is -2.52. The first-order valence-electron chi connectivity index (χ1n) is 8.65. The summed E-state index contributed by atoms with van der Waals surface area (Å²) in [7, 11) is -2.21. The third-order valence-corrected chi connectivity index (χ3v) is 6.78. The van der Waals surface area contributed by atoms with Crippen LogP contribution in [0.2, 0.25) is 0 Å². The van der Waals surface area contributed by atoms with Crippen molar-refractivity contribution in [3.05, 3.63) is 23.8 Å². The first-order chi connectivity index (χ1) is 11.9. The summed E-state index contributed by atoms with van der Waals surface area (Å²) in [5.41, 5.74) is 0.382. The number of sulfonamides is 1. The zero-order valence-corrected chi connectivity index (χ0v) is 16.7. The van der Waals surface area contributed by atoms with Crippen LogP contribution in [0.3, 0.4) is 0 Å². The molecule has 1 unspecified atom stereocenters. The topological polar surface area (TPSA) is 79.0 Å². The van der Waals surface area contributed by atoms with E-state index in [0.29, 0.717) is 25.2 Å². The Kier molecular flexibility index (Phi) is 6.90. The summed E-state index contributed by atoms with van der Waals surface area (Å²) in [5, 5.41) is 3.25. The number of halogens is 1. The van der Waals surface area contributed by atoms with Gasteiger partial charge in [0.15, 0.2) is 0 Å². The SMILES string of the molecule is COc1ccc(C(=O)N2CCNCC2C)cc1S(=O)(=O)N1CCCC1.Cl. The highest BCUT2D eigenvalue weighted by molar-refractivity contribution is 7.89. The molecule has 0 spiro atoms. The minimum atomic E-state index is -3.66. The van der Waals surface area contributed by atoms with Crippen LogP contribution in [0.1, 0.15) is 30.1 Å². The summed E-state index contributed by atoms with van der Waals surface area (Å²) in [6.07, 6.45) is 1.72. The molecule has 2 aliphatic rings. The molecule has 0 bridgehead atoms. The molecule has 3 rings (SSSR count). The van der Waals surface area contributed by atoms with Gasteiger partial charge in [-0.05, 0) is 38.0 Å². The Labute approximate surface area is 161 Å². The van der Waals surface area contributed by atoms with E-state index < -0.39 is 10.0 Å². The maximum atomic E-state index is 12.9. The van der Waals surface area contributed by atoms with Crippen molar-refractivity contribution in [2.45, 2.75) is 30.7 Å². The maximum absolute atomic E-state index is 12.9. The Balaban J connectivity index is 0.00000243. The number of nitrogens with one attached hydrogen (secondary N) is 1. The Hall–Kier alpha value is -1.35. The number of hydrogen-bond acceptors (Lipinski definition) is 5. The minimum Gasteiger partial charge on any atom is -0.495 e. The van der Waals surface area contributed by atoms with E-state index in [2.05, 4.69) is 5.32 Å². The first kappa shape index (κ1) is 21.0. The van der Waals surface area contributed by atoms with Crippen LogP contribution in [0.25, 0.3) is 0 Å². The van der Waals surface area contributed by atoms with Crippen molar-refractivity contribution in [1.29, 1.82) is 0 Å². The monoisotopic (exact) mass is 403 g/mol. The van der Waals surface area contributed by atoms with E-state index >= 15 is 0 Å². The molecule has 1 atom stereocenters.